The van der Waals surface area contributed by atoms with Gasteiger partial charge in [-0.2, -0.15) is 0 Å². The minimum atomic E-state index is -0.470. The first-order valence-corrected chi connectivity index (χ1v) is 8.32. The van der Waals surface area contributed by atoms with Gasteiger partial charge in [0.05, 0.1) is 5.54 Å². The fourth-order valence-electron chi connectivity index (χ4n) is 3.05. The third kappa shape index (κ3) is 3.92. The minimum absolute atomic E-state index is 0.0534. The number of benzene rings is 1. The molecule has 126 valence electrons. The van der Waals surface area contributed by atoms with E-state index in [9.17, 15) is 4.79 Å². The summed E-state index contributed by atoms with van der Waals surface area (Å²) in [5.74, 6) is 0.123. The second-order valence-electron chi connectivity index (χ2n) is 7.33. The standard InChI is InChI=1S/C19H28N2O2/c1-13(2)21(14(3)4)18(22)16(15-10-8-7-9-11-15)17-20-19(5,6)12-23-17/h7-11,13-14,16H,12H2,1-6H3. The summed E-state index contributed by atoms with van der Waals surface area (Å²) in [6, 6.07) is 10.1. The Bertz CT molecular complexity index is 568. The monoisotopic (exact) mass is 316 g/mol. The molecule has 0 saturated heterocycles. The molecule has 1 aromatic rings. The number of hydrogen-bond acceptors (Lipinski definition) is 3. The molecule has 0 N–H and O–H groups in total. The van der Waals surface area contributed by atoms with Gasteiger partial charge < -0.3 is 9.64 Å². The molecule has 2 rings (SSSR count). The second-order valence-corrected chi connectivity index (χ2v) is 7.33. The summed E-state index contributed by atoms with van der Waals surface area (Å²) in [7, 11) is 0. The number of rotatable bonds is 5. The van der Waals surface area contributed by atoms with Crippen molar-refractivity contribution in [2.45, 2.75) is 65.1 Å². The lowest BCUT2D eigenvalue weighted by Crippen LogP contribution is -2.46. The molecular formula is C19H28N2O2. The zero-order chi connectivity index (χ0) is 17.2. The molecule has 1 heterocycles. The van der Waals surface area contributed by atoms with E-state index in [2.05, 4.69) is 4.99 Å². The number of hydrogen-bond donors (Lipinski definition) is 0. The number of carbonyl (C=O) groups excluding carboxylic acids is 1. The molecule has 0 spiro atoms. The van der Waals surface area contributed by atoms with E-state index >= 15 is 0 Å². The second kappa shape index (κ2) is 6.73. The van der Waals surface area contributed by atoms with Crippen LogP contribution in [0, 0.1) is 0 Å². The molecule has 4 nitrogen and oxygen atoms in total. The molecule has 1 aromatic carbocycles. The summed E-state index contributed by atoms with van der Waals surface area (Å²) < 4.78 is 5.82. The molecule has 1 atom stereocenters. The maximum Gasteiger partial charge on any atom is 0.239 e. The molecule has 0 saturated carbocycles. The number of aliphatic imine (C=N–C) groups is 1. The quantitative estimate of drug-likeness (QED) is 0.832. The summed E-state index contributed by atoms with van der Waals surface area (Å²) in [6.07, 6.45) is 0. The van der Waals surface area contributed by atoms with Gasteiger partial charge in [-0.25, -0.2) is 4.99 Å². The molecular weight excluding hydrogens is 288 g/mol. The highest BCUT2D eigenvalue weighted by atomic mass is 16.5. The molecule has 1 unspecified atom stereocenters. The van der Waals surface area contributed by atoms with E-state index in [1.807, 2.05) is 76.8 Å². The molecule has 0 bridgehead atoms. The number of nitrogens with zero attached hydrogens (tertiary/aromatic N) is 2. The maximum absolute atomic E-state index is 13.3. The van der Waals surface area contributed by atoms with Gasteiger partial charge in [-0.15, -0.1) is 0 Å². The van der Waals surface area contributed by atoms with Gasteiger partial charge in [-0.3, -0.25) is 4.79 Å². The highest BCUT2D eigenvalue weighted by Gasteiger charge is 2.38. The zero-order valence-electron chi connectivity index (χ0n) is 15.0. The Morgan fingerprint density at radius 2 is 1.70 bits per heavy atom. The Morgan fingerprint density at radius 3 is 2.13 bits per heavy atom. The van der Waals surface area contributed by atoms with Crippen LogP contribution in [0.15, 0.2) is 35.3 Å². The maximum atomic E-state index is 13.3. The lowest BCUT2D eigenvalue weighted by atomic mass is 9.95. The van der Waals surface area contributed by atoms with Crippen LogP contribution in [0.1, 0.15) is 53.0 Å². The van der Waals surface area contributed by atoms with Crippen LogP contribution < -0.4 is 0 Å². The SMILES string of the molecule is CC(C)N(C(=O)C(C1=NC(C)(C)CO1)c1ccccc1)C(C)C. The van der Waals surface area contributed by atoms with Crippen molar-refractivity contribution in [3.63, 3.8) is 0 Å². The van der Waals surface area contributed by atoms with Crippen molar-refractivity contribution in [2.24, 2.45) is 4.99 Å². The smallest absolute Gasteiger partial charge is 0.239 e. The molecule has 1 amide bonds. The number of carbonyl (C=O) groups is 1. The van der Waals surface area contributed by atoms with Gasteiger partial charge in [0.25, 0.3) is 0 Å². The largest absolute Gasteiger partial charge is 0.478 e. The fourth-order valence-corrected chi connectivity index (χ4v) is 3.05. The van der Waals surface area contributed by atoms with E-state index in [0.717, 1.165) is 5.56 Å². The molecule has 0 radical (unpaired) electrons. The predicted octanol–water partition coefficient (Wildman–Crippen LogP) is 3.62. The van der Waals surface area contributed by atoms with Gasteiger partial charge in [-0.05, 0) is 47.1 Å². The third-order valence-corrected chi connectivity index (χ3v) is 3.98. The molecule has 0 fully saturated rings. The van der Waals surface area contributed by atoms with E-state index in [1.54, 1.807) is 0 Å². The van der Waals surface area contributed by atoms with Crippen LogP contribution in [0.2, 0.25) is 0 Å². The van der Waals surface area contributed by atoms with Gasteiger partial charge >= 0.3 is 0 Å². The van der Waals surface area contributed by atoms with E-state index in [4.69, 9.17) is 4.74 Å². The Balaban J connectivity index is 2.44. The molecule has 1 aliphatic heterocycles. The first-order valence-electron chi connectivity index (χ1n) is 8.32. The normalized spacial score (nSPS) is 17.8. The summed E-state index contributed by atoms with van der Waals surface area (Å²) >= 11 is 0. The molecule has 1 aliphatic rings. The highest BCUT2D eigenvalue weighted by Crippen LogP contribution is 2.29. The lowest BCUT2D eigenvalue weighted by Gasteiger charge is -2.34. The van der Waals surface area contributed by atoms with Crippen molar-refractivity contribution >= 4 is 11.8 Å². The van der Waals surface area contributed by atoms with E-state index < -0.39 is 5.92 Å². The van der Waals surface area contributed by atoms with Crippen LogP contribution in [-0.4, -0.2) is 40.9 Å². The van der Waals surface area contributed by atoms with Crippen LogP contribution >= 0.6 is 0 Å². The van der Waals surface area contributed by atoms with Crippen LogP contribution in [0.25, 0.3) is 0 Å². The topological polar surface area (TPSA) is 41.9 Å². The Hall–Kier alpha value is -1.84. The highest BCUT2D eigenvalue weighted by molar-refractivity contribution is 6.06. The van der Waals surface area contributed by atoms with Crippen molar-refractivity contribution in [2.75, 3.05) is 6.61 Å². The number of ether oxygens (including phenoxy) is 1. The molecule has 4 heteroatoms. The van der Waals surface area contributed by atoms with Crippen LogP contribution in [0.3, 0.4) is 0 Å². The number of amides is 1. The lowest BCUT2D eigenvalue weighted by molar-refractivity contribution is -0.135. The Kier molecular flexibility index (Phi) is 5.12. The van der Waals surface area contributed by atoms with Gasteiger partial charge in [0.15, 0.2) is 0 Å². The minimum Gasteiger partial charge on any atom is -0.478 e. The van der Waals surface area contributed by atoms with Crippen molar-refractivity contribution in [1.82, 2.24) is 4.90 Å². The van der Waals surface area contributed by atoms with E-state index in [1.165, 1.54) is 0 Å². The molecule has 0 aromatic heterocycles. The zero-order valence-corrected chi connectivity index (χ0v) is 15.0. The van der Waals surface area contributed by atoms with Crippen molar-refractivity contribution in [3.8, 4) is 0 Å². The molecule has 0 aliphatic carbocycles. The Morgan fingerprint density at radius 1 is 1.13 bits per heavy atom. The van der Waals surface area contributed by atoms with Gasteiger partial charge in [-0.1, -0.05) is 30.3 Å². The van der Waals surface area contributed by atoms with Gasteiger partial charge in [0.1, 0.15) is 12.5 Å². The third-order valence-electron chi connectivity index (χ3n) is 3.98. The van der Waals surface area contributed by atoms with Crippen LogP contribution in [0.5, 0.6) is 0 Å². The average molecular weight is 316 g/mol. The summed E-state index contributed by atoms with van der Waals surface area (Å²) in [5.41, 5.74) is 0.656. The van der Waals surface area contributed by atoms with Crippen molar-refractivity contribution < 1.29 is 9.53 Å². The van der Waals surface area contributed by atoms with Crippen molar-refractivity contribution in [3.05, 3.63) is 35.9 Å². The van der Waals surface area contributed by atoms with Crippen LogP contribution in [0.4, 0.5) is 0 Å². The van der Waals surface area contributed by atoms with Gasteiger partial charge in [0.2, 0.25) is 11.8 Å². The van der Waals surface area contributed by atoms with Crippen LogP contribution in [-0.2, 0) is 9.53 Å². The van der Waals surface area contributed by atoms with Crippen molar-refractivity contribution in [1.29, 1.82) is 0 Å². The van der Waals surface area contributed by atoms with Gasteiger partial charge in [0, 0.05) is 12.1 Å². The fraction of sp³-hybridized carbons (Fsp3) is 0.579. The van der Waals surface area contributed by atoms with E-state index in [0.29, 0.717) is 12.5 Å². The summed E-state index contributed by atoms with van der Waals surface area (Å²) in [4.78, 5) is 19.9. The first kappa shape index (κ1) is 17.5. The average Bonchev–Trinajstić information content (AvgIpc) is 2.79. The first-order chi connectivity index (χ1) is 10.7. The Labute approximate surface area is 139 Å². The predicted molar refractivity (Wildman–Crippen MR) is 93.8 cm³/mol. The molecule has 23 heavy (non-hydrogen) atoms. The summed E-state index contributed by atoms with van der Waals surface area (Å²) in [5, 5.41) is 0. The van der Waals surface area contributed by atoms with E-state index in [-0.39, 0.29) is 23.5 Å². The summed E-state index contributed by atoms with van der Waals surface area (Å²) in [6.45, 7) is 12.7.